The second-order valence-corrected chi connectivity index (χ2v) is 5.17. The molecule has 0 aliphatic carbocycles. The highest BCUT2D eigenvalue weighted by molar-refractivity contribution is 7.71. The van der Waals surface area contributed by atoms with E-state index in [4.69, 9.17) is 12.2 Å². The summed E-state index contributed by atoms with van der Waals surface area (Å²) < 4.78 is 1.71. The molecule has 0 radical (unpaired) electrons. The van der Waals surface area contributed by atoms with Gasteiger partial charge in [0.2, 0.25) is 4.77 Å². The van der Waals surface area contributed by atoms with E-state index in [-0.39, 0.29) is 0 Å². The second kappa shape index (κ2) is 6.42. The summed E-state index contributed by atoms with van der Waals surface area (Å²) in [4.78, 5) is 10.2. The molecule has 3 rings (SSSR count). The molecule has 9 heteroatoms. The lowest BCUT2D eigenvalue weighted by atomic mass is 10.2. The molecule has 2 N–H and O–H groups in total. The number of hydrogen-bond acceptors (Lipinski definition) is 6. The van der Waals surface area contributed by atoms with Crippen molar-refractivity contribution in [2.75, 3.05) is 0 Å². The molecule has 8 nitrogen and oxygen atoms in total. The van der Waals surface area contributed by atoms with Gasteiger partial charge in [-0.25, -0.2) is 5.10 Å². The minimum atomic E-state index is -0.661. The normalized spacial score (nSPS) is 11.0. The van der Waals surface area contributed by atoms with Crippen LogP contribution < -0.4 is 0 Å². The molecule has 0 saturated carbocycles. The van der Waals surface area contributed by atoms with Gasteiger partial charge in [0.15, 0.2) is 11.6 Å². The molecular weight excluding hydrogens is 330 g/mol. The third-order valence-corrected chi connectivity index (χ3v) is 3.47. The smallest absolute Gasteiger partial charge is 0.311 e. The summed E-state index contributed by atoms with van der Waals surface area (Å²) in [6, 6.07) is 13.3. The third kappa shape index (κ3) is 3.06. The van der Waals surface area contributed by atoms with Crippen molar-refractivity contribution in [3.05, 3.63) is 69.0 Å². The first-order valence-corrected chi connectivity index (χ1v) is 7.21. The van der Waals surface area contributed by atoms with E-state index in [1.54, 1.807) is 0 Å². The Morgan fingerprint density at radius 1 is 1.29 bits per heavy atom. The average Bonchev–Trinajstić information content (AvgIpc) is 2.95. The van der Waals surface area contributed by atoms with Crippen molar-refractivity contribution >= 4 is 24.1 Å². The number of nitro benzene ring substituents is 1. The van der Waals surface area contributed by atoms with Crippen molar-refractivity contribution in [1.82, 2.24) is 14.9 Å². The van der Waals surface area contributed by atoms with Crippen LogP contribution in [0.3, 0.4) is 0 Å². The molecule has 2 aromatic carbocycles. The third-order valence-electron chi connectivity index (χ3n) is 3.20. The number of aromatic amines is 1. The van der Waals surface area contributed by atoms with Crippen LogP contribution in [0.4, 0.5) is 5.69 Å². The average molecular weight is 341 g/mol. The fourth-order valence-corrected chi connectivity index (χ4v) is 2.24. The Labute approximate surface area is 140 Å². The summed E-state index contributed by atoms with van der Waals surface area (Å²) in [5.41, 5.74) is 0.873. The quantitative estimate of drug-likeness (QED) is 0.328. The molecule has 3 aromatic rings. The summed E-state index contributed by atoms with van der Waals surface area (Å²) in [6.45, 7) is 0. The van der Waals surface area contributed by atoms with Gasteiger partial charge in [-0.2, -0.15) is 14.9 Å². The lowest BCUT2D eigenvalue weighted by Crippen LogP contribution is -1.96. The first-order valence-electron chi connectivity index (χ1n) is 6.81. The SMILES string of the molecule is O=[N+]([O-])c1cc(/C=N\n2c(-c3ccccc3)n[nH]c2=S)ccc1O. The van der Waals surface area contributed by atoms with Crippen LogP contribution in [-0.2, 0) is 0 Å². The van der Waals surface area contributed by atoms with E-state index in [2.05, 4.69) is 15.3 Å². The molecule has 1 aromatic heterocycles. The van der Waals surface area contributed by atoms with Crippen molar-refractivity contribution in [1.29, 1.82) is 0 Å². The van der Waals surface area contributed by atoms with Crippen LogP contribution >= 0.6 is 12.2 Å². The van der Waals surface area contributed by atoms with E-state index >= 15 is 0 Å². The molecular formula is C15H11N5O3S. The zero-order chi connectivity index (χ0) is 17.1. The van der Waals surface area contributed by atoms with Gasteiger partial charge < -0.3 is 5.11 Å². The molecule has 0 aliphatic rings. The monoisotopic (exact) mass is 341 g/mol. The number of aromatic hydroxyl groups is 1. The molecule has 0 unspecified atom stereocenters. The number of nitro groups is 1. The largest absolute Gasteiger partial charge is 0.502 e. The highest BCUT2D eigenvalue weighted by atomic mass is 32.1. The van der Waals surface area contributed by atoms with Crippen LogP contribution in [0.1, 0.15) is 5.56 Å². The molecule has 120 valence electrons. The number of rotatable bonds is 4. The molecule has 0 saturated heterocycles. The van der Waals surface area contributed by atoms with Crippen molar-refractivity contribution in [2.45, 2.75) is 0 Å². The van der Waals surface area contributed by atoms with E-state index in [1.807, 2.05) is 30.3 Å². The number of benzene rings is 2. The lowest BCUT2D eigenvalue weighted by molar-refractivity contribution is -0.385. The zero-order valence-corrected chi connectivity index (χ0v) is 13.0. The van der Waals surface area contributed by atoms with Gasteiger partial charge in [0, 0.05) is 17.2 Å². The van der Waals surface area contributed by atoms with Crippen molar-refractivity contribution in [2.24, 2.45) is 5.10 Å². The molecule has 0 amide bonds. The maximum absolute atomic E-state index is 10.9. The Morgan fingerprint density at radius 3 is 2.75 bits per heavy atom. The van der Waals surface area contributed by atoms with Gasteiger partial charge in [-0.15, -0.1) is 0 Å². The molecule has 0 fully saturated rings. The fourth-order valence-electron chi connectivity index (χ4n) is 2.06. The van der Waals surface area contributed by atoms with Crippen LogP contribution in [0.15, 0.2) is 53.6 Å². The lowest BCUT2D eigenvalue weighted by Gasteiger charge is -2.01. The van der Waals surface area contributed by atoms with Crippen LogP contribution in [0.2, 0.25) is 0 Å². The van der Waals surface area contributed by atoms with Gasteiger partial charge in [-0.3, -0.25) is 10.1 Å². The van der Waals surface area contributed by atoms with Gasteiger partial charge in [0.1, 0.15) is 0 Å². The Morgan fingerprint density at radius 2 is 2.04 bits per heavy atom. The predicted molar refractivity (Wildman–Crippen MR) is 90.6 cm³/mol. The summed E-state index contributed by atoms with van der Waals surface area (Å²) >= 11 is 5.16. The van der Waals surface area contributed by atoms with Gasteiger partial charge in [0.25, 0.3) is 0 Å². The Kier molecular flexibility index (Phi) is 4.17. The molecule has 0 spiro atoms. The second-order valence-electron chi connectivity index (χ2n) is 4.78. The standard InChI is InChI=1S/C15H11N5O3S/c21-13-7-6-10(8-12(13)20(22)23)9-16-19-14(17-18-15(19)24)11-4-2-1-3-5-11/h1-9,21H,(H,18,24)/b16-9-. The zero-order valence-electron chi connectivity index (χ0n) is 12.2. The first kappa shape index (κ1) is 15.6. The molecule has 0 bridgehead atoms. The van der Waals surface area contributed by atoms with Crippen molar-refractivity contribution < 1.29 is 10.0 Å². The van der Waals surface area contributed by atoms with Crippen LogP contribution in [0, 0.1) is 14.9 Å². The van der Waals surface area contributed by atoms with Crippen molar-refractivity contribution in [3.63, 3.8) is 0 Å². The van der Waals surface area contributed by atoms with Gasteiger partial charge in [0.05, 0.1) is 11.1 Å². The maximum atomic E-state index is 10.9. The van der Waals surface area contributed by atoms with E-state index in [9.17, 15) is 15.2 Å². The minimum Gasteiger partial charge on any atom is -0.502 e. The number of phenols is 1. The Balaban J connectivity index is 1.99. The van der Waals surface area contributed by atoms with E-state index in [0.29, 0.717) is 16.2 Å². The number of nitrogens with one attached hydrogen (secondary N) is 1. The summed E-state index contributed by atoms with van der Waals surface area (Å²) in [5, 5.41) is 31.4. The fraction of sp³-hybridized carbons (Fsp3) is 0. The van der Waals surface area contributed by atoms with E-state index in [0.717, 1.165) is 5.56 Å². The predicted octanol–water partition coefficient (Wildman–Crippen LogP) is 3.10. The molecule has 24 heavy (non-hydrogen) atoms. The number of nitrogens with zero attached hydrogens (tertiary/aromatic N) is 4. The minimum absolute atomic E-state index is 0.290. The Bertz CT molecular complexity index is 978. The molecule has 0 aliphatic heterocycles. The maximum Gasteiger partial charge on any atom is 0.311 e. The summed E-state index contributed by atoms with van der Waals surface area (Å²) in [5.74, 6) is 0.118. The van der Waals surface area contributed by atoms with E-state index in [1.165, 1.54) is 29.1 Å². The number of hydrogen-bond donors (Lipinski definition) is 2. The van der Waals surface area contributed by atoms with Crippen LogP contribution in [-0.4, -0.2) is 31.1 Å². The summed E-state index contributed by atoms with van der Waals surface area (Å²) in [6.07, 6.45) is 1.41. The van der Waals surface area contributed by atoms with Crippen LogP contribution in [0.5, 0.6) is 5.75 Å². The number of aromatic nitrogens is 3. The van der Waals surface area contributed by atoms with Gasteiger partial charge in [-0.05, 0) is 24.4 Å². The van der Waals surface area contributed by atoms with E-state index < -0.39 is 16.4 Å². The first-order chi connectivity index (χ1) is 11.6. The Hall–Kier alpha value is -3.33. The van der Waals surface area contributed by atoms with Crippen molar-refractivity contribution in [3.8, 4) is 17.1 Å². The summed E-state index contributed by atoms with van der Waals surface area (Å²) in [7, 11) is 0. The van der Waals surface area contributed by atoms with Crippen LogP contribution in [0.25, 0.3) is 11.4 Å². The number of H-pyrrole nitrogens is 1. The van der Waals surface area contributed by atoms with Gasteiger partial charge in [-0.1, -0.05) is 30.3 Å². The highest BCUT2D eigenvalue weighted by Gasteiger charge is 2.13. The molecule has 1 heterocycles. The topological polar surface area (TPSA) is 109 Å². The van der Waals surface area contributed by atoms with Gasteiger partial charge >= 0.3 is 5.69 Å². The molecule has 0 atom stereocenters. The number of phenolic OH excluding ortho intramolecular Hbond substituents is 1. The highest BCUT2D eigenvalue weighted by Crippen LogP contribution is 2.25.